The molecule has 1 aliphatic heterocycles. The average molecular weight is 335 g/mol. The summed E-state index contributed by atoms with van der Waals surface area (Å²) in [5.74, 6) is -0.152. The van der Waals surface area contributed by atoms with Crippen LogP contribution in [-0.4, -0.2) is 38.2 Å². The molecule has 0 atom stereocenters. The van der Waals surface area contributed by atoms with Crippen LogP contribution in [0.25, 0.3) is 0 Å². The van der Waals surface area contributed by atoms with Gasteiger partial charge in [-0.2, -0.15) is 5.26 Å². The third-order valence-electron chi connectivity index (χ3n) is 4.04. The topological polar surface area (TPSA) is 73.2 Å². The largest absolute Gasteiger partial charge is 0.299 e. The van der Waals surface area contributed by atoms with Gasteiger partial charge in [-0.1, -0.05) is 30.3 Å². The lowest BCUT2D eigenvalue weighted by atomic mass is 10.00. The van der Waals surface area contributed by atoms with Crippen LogP contribution in [0.15, 0.2) is 30.3 Å². The van der Waals surface area contributed by atoms with Crippen LogP contribution in [0.5, 0.6) is 0 Å². The zero-order chi connectivity index (χ0) is 16.9. The summed E-state index contributed by atoms with van der Waals surface area (Å²) in [6.07, 6.45) is 1.61. The van der Waals surface area contributed by atoms with Crippen LogP contribution in [0.2, 0.25) is 0 Å². The summed E-state index contributed by atoms with van der Waals surface area (Å²) in [6.45, 7) is 5.96. The molecule has 1 saturated heterocycles. The van der Waals surface area contributed by atoms with Crippen LogP contribution >= 0.6 is 0 Å². The van der Waals surface area contributed by atoms with Crippen molar-refractivity contribution in [3.8, 4) is 6.07 Å². The molecule has 1 aliphatic rings. The smallest absolute Gasteiger partial charge is 0.213 e. The van der Waals surface area contributed by atoms with E-state index in [0.29, 0.717) is 0 Å². The maximum absolute atomic E-state index is 12.2. The van der Waals surface area contributed by atoms with E-state index in [4.69, 9.17) is 5.26 Å². The van der Waals surface area contributed by atoms with E-state index in [-0.39, 0.29) is 11.8 Å². The fourth-order valence-corrected chi connectivity index (χ4v) is 4.70. The predicted octanol–water partition coefficient (Wildman–Crippen LogP) is 2.12. The highest BCUT2D eigenvalue weighted by atomic mass is 32.2. The van der Waals surface area contributed by atoms with Gasteiger partial charge in [0, 0.05) is 25.7 Å². The number of nitrogens with zero attached hydrogens (tertiary/aromatic N) is 2. The fourth-order valence-electron chi connectivity index (χ4n) is 2.85. The van der Waals surface area contributed by atoms with Crippen molar-refractivity contribution in [1.29, 1.82) is 5.26 Å². The van der Waals surface area contributed by atoms with E-state index in [0.717, 1.165) is 32.5 Å². The van der Waals surface area contributed by atoms with Gasteiger partial charge in [0.15, 0.2) is 0 Å². The minimum absolute atomic E-state index is 0.0264. The minimum Gasteiger partial charge on any atom is -0.299 e. The summed E-state index contributed by atoms with van der Waals surface area (Å²) in [5, 5.41) is 8.99. The second-order valence-electron chi connectivity index (χ2n) is 6.91. The Balaban J connectivity index is 1.82. The molecule has 1 aromatic rings. The number of hydrogen-bond acceptors (Lipinski definition) is 4. The number of rotatable bonds is 6. The molecule has 0 radical (unpaired) electrons. The van der Waals surface area contributed by atoms with Gasteiger partial charge in [0.05, 0.1) is 17.2 Å². The molecule has 0 spiro atoms. The molecule has 0 saturated carbocycles. The Hall–Kier alpha value is -1.42. The Kier molecular flexibility index (Phi) is 5.79. The number of piperidine rings is 1. The number of likely N-dealkylation sites (tertiary alicyclic amines) is 1. The summed E-state index contributed by atoms with van der Waals surface area (Å²) >= 11 is 0. The Morgan fingerprint density at radius 3 is 2.43 bits per heavy atom. The molecule has 6 heteroatoms. The van der Waals surface area contributed by atoms with Crippen molar-refractivity contribution >= 4 is 10.0 Å². The average Bonchev–Trinajstić information content (AvgIpc) is 2.49. The monoisotopic (exact) mass is 335 g/mol. The quantitative estimate of drug-likeness (QED) is 0.864. The zero-order valence-electron chi connectivity index (χ0n) is 13.8. The molecule has 0 aliphatic carbocycles. The van der Waals surface area contributed by atoms with Crippen molar-refractivity contribution in [2.75, 3.05) is 18.8 Å². The maximum atomic E-state index is 12.2. The van der Waals surface area contributed by atoms with Crippen LogP contribution in [0.1, 0.15) is 32.3 Å². The molecule has 0 amide bonds. The summed E-state index contributed by atoms with van der Waals surface area (Å²) in [7, 11) is -3.42. The molecular weight excluding hydrogens is 310 g/mol. The Bertz CT molecular complexity index is 642. The molecule has 1 fully saturated rings. The molecular formula is C17H25N3O2S. The highest BCUT2D eigenvalue weighted by Crippen LogP contribution is 2.18. The Morgan fingerprint density at radius 2 is 1.87 bits per heavy atom. The first-order chi connectivity index (χ1) is 10.8. The van der Waals surface area contributed by atoms with Gasteiger partial charge in [0.2, 0.25) is 10.0 Å². The standard InChI is InChI=1S/C17H25N3O2S/c1-17(2,13-18)14-23(21,22)19-16-8-10-20(11-9-16)12-15-6-4-3-5-7-15/h3-7,16,19H,8-12,14H2,1-2H3. The first-order valence-electron chi connectivity index (χ1n) is 7.97. The second-order valence-corrected chi connectivity index (χ2v) is 8.66. The van der Waals surface area contributed by atoms with Gasteiger partial charge in [-0.15, -0.1) is 0 Å². The zero-order valence-corrected chi connectivity index (χ0v) is 14.6. The second kappa shape index (κ2) is 7.43. The Labute approximate surface area is 139 Å². The van der Waals surface area contributed by atoms with E-state index in [2.05, 4.69) is 21.8 Å². The van der Waals surface area contributed by atoms with Crippen molar-refractivity contribution in [2.45, 2.75) is 39.3 Å². The lowest BCUT2D eigenvalue weighted by Gasteiger charge is -2.32. The lowest BCUT2D eigenvalue weighted by Crippen LogP contribution is -2.46. The minimum atomic E-state index is -3.42. The van der Waals surface area contributed by atoms with Crippen molar-refractivity contribution in [1.82, 2.24) is 9.62 Å². The molecule has 2 rings (SSSR count). The summed E-state index contributed by atoms with van der Waals surface area (Å²) in [5.41, 5.74) is 0.419. The first kappa shape index (κ1) is 17.9. The third-order valence-corrected chi connectivity index (χ3v) is 5.83. The number of nitriles is 1. The summed E-state index contributed by atoms with van der Waals surface area (Å²) in [6, 6.07) is 12.3. The molecule has 1 heterocycles. The molecule has 1 aromatic carbocycles. The Morgan fingerprint density at radius 1 is 1.26 bits per heavy atom. The SMILES string of the molecule is CC(C)(C#N)CS(=O)(=O)NC1CCN(Cc2ccccc2)CC1. The van der Waals surface area contributed by atoms with E-state index in [9.17, 15) is 8.42 Å². The van der Waals surface area contributed by atoms with E-state index in [1.54, 1.807) is 13.8 Å². The number of benzene rings is 1. The summed E-state index contributed by atoms with van der Waals surface area (Å²) in [4.78, 5) is 2.35. The van der Waals surface area contributed by atoms with E-state index in [1.807, 2.05) is 24.3 Å². The van der Waals surface area contributed by atoms with Crippen LogP contribution in [-0.2, 0) is 16.6 Å². The van der Waals surface area contributed by atoms with Crippen molar-refractivity contribution in [3.05, 3.63) is 35.9 Å². The first-order valence-corrected chi connectivity index (χ1v) is 9.62. The van der Waals surface area contributed by atoms with Crippen molar-refractivity contribution in [3.63, 3.8) is 0 Å². The molecule has 1 N–H and O–H groups in total. The van der Waals surface area contributed by atoms with Gasteiger partial charge >= 0.3 is 0 Å². The van der Waals surface area contributed by atoms with Crippen LogP contribution in [0, 0.1) is 16.7 Å². The molecule has 126 valence electrons. The van der Waals surface area contributed by atoms with Crippen molar-refractivity contribution < 1.29 is 8.42 Å². The lowest BCUT2D eigenvalue weighted by molar-refractivity contribution is 0.200. The maximum Gasteiger partial charge on any atom is 0.213 e. The van der Waals surface area contributed by atoms with E-state index >= 15 is 0 Å². The molecule has 0 aromatic heterocycles. The van der Waals surface area contributed by atoms with Crippen LogP contribution < -0.4 is 4.72 Å². The van der Waals surface area contributed by atoms with Gasteiger partial charge in [-0.3, -0.25) is 4.90 Å². The van der Waals surface area contributed by atoms with E-state index < -0.39 is 15.4 Å². The molecule has 0 bridgehead atoms. The van der Waals surface area contributed by atoms with Gasteiger partial charge in [0.1, 0.15) is 0 Å². The fraction of sp³-hybridized carbons (Fsp3) is 0.588. The van der Waals surface area contributed by atoms with Gasteiger partial charge in [0.25, 0.3) is 0 Å². The molecule has 23 heavy (non-hydrogen) atoms. The van der Waals surface area contributed by atoms with Crippen LogP contribution in [0.3, 0.4) is 0 Å². The van der Waals surface area contributed by atoms with Gasteiger partial charge < -0.3 is 0 Å². The van der Waals surface area contributed by atoms with Crippen molar-refractivity contribution in [2.24, 2.45) is 5.41 Å². The highest BCUT2D eigenvalue weighted by Gasteiger charge is 2.29. The summed E-state index contributed by atoms with van der Waals surface area (Å²) < 4.78 is 27.1. The highest BCUT2D eigenvalue weighted by molar-refractivity contribution is 7.89. The van der Waals surface area contributed by atoms with Gasteiger partial charge in [-0.05, 0) is 32.3 Å². The van der Waals surface area contributed by atoms with Gasteiger partial charge in [-0.25, -0.2) is 13.1 Å². The molecule has 5 nitrogen and oxygen atoms in total. The van der Waals surface area contributed by atoms with E-state index in [1.165, 1.54) is 5.56 Å². The number of hydrogen-bond donors (Lipinski definition) is 1. The normalized spacial score (nSPS) is 17.8. The third kappa shape index (κ3) is 5.94. The molecule has 0 unspecified atom stereocenters. The van der Waals surface area contributed by atoms with Crippen LogP contribution in [0.4, 0.5) is 0 Å². The number of sulfonamides is 1. The predicted molar refractivity (Wildman–Crippen MR) is 91.1 cm³/mol. The number of nitrogens with one attached hydrogen (secondary N) is 1.